The Morgan fingerprint density at radius 1 is 1.25 bits per heavy atom. The van der Waals surface area contributed by atoms with Crippen molar-refractivity contribution in [3.8, 4) is 0 Å². The summed E-state index contributed by atoms with van der Waals surface area (Å²) in [5, 5.41) is 8.54. The molecule has 0 saturated carbocycles. The molecule has 0 heterocycles. The smallest absolute Gasteiger partial charge is 0.563 e. The van der Waals surface area contributed by atoms with Gasteiger partial charge in [-0.15, -0.1) is 4.89 Å². The van der Waals surface area contributed by atoms with Gasteiger partial charge in [-0.25, -0.2) is 0 Å². The summed E-state index contributed by atoms with van der Waals surface area (Å²) < 4.78 is 21.9. The van der Waals surface area contributed by atoms with Crippen molar-refractivity contribution < 1.29 is 57.9 Å². The molecule has 16 heavy (non-hydrogen) atoms. The maximum atomic E-state index is 9.35. The van der Waals surface area contributed by atoms with Crippen LogP contribution in [0.3, 0.4) is 0 Å². The first kappa shape index (κ1) is 18.6. The summed E-state index contributed by atoms with van der Waals surface area (Å²) in [5.41, 5.74) is 0.965. The van der Waals surface area contributed by atoms with E-state index in [0.717, 1.165) is 5.56 Å². The Bertz CT molecular complexity index is 308. The van der Waals surface area contributed by atoms with Crippen molar-refractivity contribution in [1.29, 1.82) is 0 Å². The van der Waals surface area contributed by atoms with Gasteiger partial charge in [0.15, 0.2) is 0 Å². The summed E-state index contributed by atoms with van der Waals surface area (Å²) in [4.78, 5) is 16.9. The Hall–Kier alpha value is 0.260. The zero-order valence-corrected chi connectivity index (χ0v) is 12.3. The van der Waals surface area contributed by atoms with Crippen molar-refractivity contribution in [2.24, 2.45) is 0 Å². The summed E-state index contributed by atoms with van der Waals surface area (Å²) in [6.07, 6.45) is 0. The zero-order valence-electron chi connectivity index (χ0n) is 8.52. The van der Waals surface area contributed by atoms with E-state index in [2.05, 4.69) is 4.31 Å². The molecule has 0 spiro atoms. The van der Waals surface area contributed by atoms with Gasteiger partial charge in [0, 0.05) is 4.57 Å². The van der Waals surface area contributed by atoms with E-state index in [0.29, 0.717) is 0 Å². The van der Waals surface area contributed by atoms with Crippen molar-refractivity contribution in [2.75, 3.05) is 0 Å². The molecule has 0 aromatic heterocycles. The number of rotatable bonds is 3. The number of benzene rings is 1. The van der Waals surface area contributed by atoms with Gasteiger partial charge in [-0.1, -0.05) is 30.3 Å². The second kappa shape index (κ2) is 11.7. The van der Waals surface area contributed by atoms with Crippen LogP contribution in [0, 0.1) is 0 Å². The maximum absolute atomic E-state index is 9.35. The Morgan fingerprint density at radius 3 is 1.94 bits per heavy atom. The summed E-state index contributed by atoms with van der Waals surface area (Å²) in [7, 11) is -6.16. The molecule has 1 aromatic carbocycles. The first-order valence-corrected chi connectivity index (χ1v) is 5.92. The van der Waals surface area contributed by atoms with Gasteiger partial charge in [0.25, 0.3) is 0 Å². The molecule has 0 radical (unpaired) electrons. The Morgan fingerprint density at radius 2 is 1.75 bits per heavy atom. The fourth-order valence-corrected chi connectivity index (χ4v) is 1.10. The van der Waals surface area contributed by atoms with Crippen LogP contribution in [0.4, 0.5) is 0 Å². The van der Waals surface area contributed by atoms with Gasteiger partial charge in [-0.2, -0.15) is 0 Å². The first-order chi connectivity index (χ1) is 7.06. The summed E-state index contributed by atoms with van der Waals surface area (Å²) in [6, 6.07) is 9.52. The minimum absolute atomic E-state index is 0. The fourth-order valence-electron chi connectivity index (χ4n) is 0.640. The standard InChI is InChI=1S/C7H8O.Na.O5P2/c8-6-7-4-2-1-3-5-7;;1-6(2)5-7(3)4/h1-5,8H,6H2;;/q;+1;/p+1. The topological polar surface area (TPSA) is 107 Å². The monoisotopic (exact) mass is 274 g/mol. The van der Waals surface area contributed by atoms with Gasteiger partial charge < -0.3 is 10.00 Å². The summed E-state index contributed by atoms with van der Waals surface area (Å²) in [6.45, 7) is 0.140. The zero-order chi connectivity index (χ0) is 11.7. The van der Waals surface area contributed by atoms with Crippen molar-refractivity contribution >= 4 is 16.5 Å². The van der Waals surface area contributed by atoms with Crippen LogP contribution in [0.2, 0.25) is 0 Å². The van der Waals surface area contributed by atoms with Gasteiger partial charge in [0.1, 0.15) is 4.31 Å². The normalized spacial score (nSPS) is 10.4. The maximum Gasteiger partial charge on any atom is 1.00 e. The molecule has 2 unspecified atom stereocenters. The van der Waals surface area contributed by atoms with E-state index in [1.165, 1.54) is 0 Å². The molecule has 82 valence electrons. The van der Waals surface area contributed by atoms with Gasteiger partial charge in [0.2, 0.25) is 0 Å². The van der Waals surface area contributed by atoms with Crippen LogP contribution in [0.15, 0.2) is 30.3 Å². The van der Waals surface area contributed by atoms with Gasteiger partial charge >= 0.3 is 46.1 Å². The quantitative estimate of drug-likeness (QED) is 0.481. The van der Waals surface area contributed by atoms with E-state index in [1.54, 1.807) is 0 Å². The van der Waals surface area contributed by atoms with E-state index >= 15 is 0 Å². The number of aliphatic hydroxyl groups is 1. The van der Waals surface area contributed by atoms with Crippen LogP contribution in [0.1, 0.15) is 5.56 Å². The predicted molar refractivity (Wildman–Crippen MR) is 50.9 cm³/mol. The second-order valence-corrected chi connectivity index (χ2v) is 3.76. The molecule has 9 heteroatoms. The first-order valence-electron chi connectivity index (χ1n) is 3.69. The van der Waals surface area contributed by atoms with Crippen molar-refractivity contribution in [1.82, 2.24) is 0 Å². The average Bonchev–Trinajstić information content (AvgIpc) is 2.18. The molecule has 2 atom stereocenters. The minimum Gasteiger partial charge on any atom is -0.563 e. The molecule has 1 aromatic rings. The van der Waals surface area contributed by atoms with Crippen molar-refractivity contribution in [2.45, 2.75) is 6.61 Å². The van der Waals surface area contributed by atoms with E-state index < -0.39 is 16.5 Å². The van der Waals surface area contributed by atoms with Gasteiger partial charge in [-0.3, -0.25) is 0 Å². The molecule has 6 nitrogen and oxygen atoms in total. The third-order valence-corrected chi connectivity index (χ3v) is 2.25. The Labute approximate surface area is 116 Å². The van der Waals surface area contributed by atoms with Crippen molar-refractivity contribution in [3.63, 3.8) is 0 Å². The number of aliphatic hydroxyl groups excluding tert-OH is 1. The van der Waals surface area contributed by atoms with Crippen molar-refractivity contribution in [3.05, 3.63) is 35.9 Å². The van der Waals surface area contributed by atoms with Crippen LogP contribution < -0.4 is 34.5 Å². The van der Waals surface area contributed by atoms with Crippen LogP contribution in [-0.4, -0.2) is 10.00 Å². The Kier molecular flexibility index (Phi) is 13.7. The van der Waals surface area contributed by atoms with Crippen LogP contribution in [0.5, 0.6) is 0 Å². The molecule has 0 aliphatic carbocycles. The third kappa shape index (κ3) is 12.3. The molecule has 2 N–H and O–H groups in total. The van der Waals surface area contributed by atoms with E-state index in [9.17, 15) is 14.0 Å². The summed E-state index contributed by atoms with van der Waals surface area (Å²) >= 11 is 0. The van der Waals surface area contributed by atoms with Gasteiger partial charge in [0.05, 0.1) is 6.61 Å². The summed E-state index contributed by atoms with van der Waals surface area (Å²) in [5.74, 6) is 0. The molecule has 0 fully saturated rings. The fraction of sp³-hybridized carbons (Fsp3) is 0.143. The van der Waals surface area contributed by atoms with Crippen LogP contribution in [0.25, 0.3) is 0 Å². The average molecular weight is 274 g/mol. The van der Waals surface area contributed by atoms with Crippen LogP contribution in [-0.2, 0) is 20.0 Å². The Balaban J connectivity index is 0. The number of hydrogen-bond donors (Lipinski definition) is 2. The SMILES string of the molecule is O=[P+]([O-])O[P+](=O)O.OCc1ccccc1.[Na+]. The van der Waals surface area contributed by atoms with E-state index in [4.69, 9.17) is 10.00 Å². The van der Waals surface area contributed by atoms with E-state index in [-0.39, 0.29) is 36.2 Å². The molecular formula is C7H9NaO6P2+2. The van der Waals surface area contributed by atoms with Crippen LogP contribution >= 0.6 is 16.5 Å². The largest absolute Gasteiger partial charge is 1.00 e. The predicted octanol–water partition coefficient (Wildman–Crippen LogP) is -2.15. The third-order valence-electron chi connectivity index (χ3n) is 1.16. The van der Waals surface area contributed by atoms with E-state index in [1.807, 2.05) is 30.3 Å². The second-order valence-electron chi connectivity index (χ2n) is 2.19. The number of hydrogen-bond acceptors (Lipinski definition) is 5. The molecule has 0 aliphatic rings. The van der Waals surface area contributed by atoms with Gasteiger partial charge in [-0.05, 0) is 10.1 Å². The minimum atomic E-state index is -3.17. The molecule has 0 amide bonds. The molecular weight excluding hydrogens is 265 g/mol. The molecule has 1 rings (SSSR count). The molecule has 0 aliphatic heterocycles. The molecule has 0 saturated heterocycles. The molecule has 0 bridgehead atoms.